The summed E-state index contributed by atoms with van der Waals surface area (Å²) in [6.45, 7) is 0.419. The van der Waals surface area contributed by atoms with E-state index in [2.05, 4.69) is 9.97 Å². The predicted molar refractivity (Wildman–Crippen MR) is 60.9 cm³/mol. The zero-order chi connectivity index (χ0) is 11.4. The number of carbonyl (C=O) groups is 1. The van der Waals surface area contributed by atoms with Crippen molar-refractivity contribution in [1.82, 2.24) is 9.97 Å². The van der Waals surface area contributed by atoms with Crippen LogP contribution in [0.5, 0.6) is 0 Å². The molecule has 0 aliphatic heterocycles. The van der Waals surface area contributed by atoms with E-state index in [1.54, 1.807) is 12.4 Å². The molecule has 0 spiro atoms. The molecular weight excluding hydrogens is 202 g/mol. The summed E-state index contributed by atoms with van der Waals surface area (Å²) in [6, 6.07) is 0. The molecule has 0 unspecified atom stereocenters. The smallest absolute Gasteiger partial charge is 0.190 e. The monoisotopic (exact) mass is 219 g/mol. The lowest BCUT2D eigenvalue weighted by molar-refractivity contribution is 0.0723. The van der Waals surface area contributed by atoms with Crippen LogP contribution in [-0.4, -0.2) is 22.3 Å². The summed E-state index contributed by atoms with van der Waals surface area (Å²) in [4.78, 5) is 20.4. The van der Waals surface area contributed by atoms with Gasteiger partial charge in [-0.2, -0.15) is 0 Å². The van der Waals surface area contributed by atoms with Crippen molar-refractivity contribution in [2.75, 3.05) is 6.54 Å². The van der Waals surface area contributed by atoms with Gasteiger partial charge in [-0.05, 0) is 12.8 Å². The SMILES string of the molecule is NCC1(C(=O)c2cnccn2)CCCCC1. The normalized spacial score (nSPS) is 19.3. The van der Waals surface area contributed by atoms with E-state index in [1.165, 1.54) is 12.6 Å². The van der Waals surface area contributed by atoms with Gasteiger partial charge in [0.15, 0.2) is 5.78 Å². The van der Waals surface area contributed by atoms with Crippen molar-refractivity contribution in [2.45, 2.75) is 32.1 Å². The van der Waals surface area contributed by atoms with Gasteiger partial charge in [-0.25, -0.2) is 4.98 Å². The fourth-order valence-electron chi connectivity index (χ4n) is 2.44. The first-order chi connectivity index (χ1) is 7.78. The molecule has 2 N–H and O–H groups in total. The van der Waals surface area contributed by atoms with E-state index in [9.17, 15) is 4.79 Å². The Morgan fingerprint density at radius 2 is 2.06 bits per heavy atom. The van der Waals surface area contributed by atoms with Crippen LogP contribution in [0.2, 0.25) is 0 Å². The summed E-state index contributed by atoms with van der Waals surface area (Å²) < 4.78 is 0. The Morgan fingerprint density at radius 3 is 2.62 bits per heavy atom. The highest BCUT2D eigenvalue weighted by Gasteiger charge is 2.39. The van der Waals surface area contributed by atoms with Crippen LogP contribution < -0.4 is 5.73 Å². The highest BCUT2D eigenvalue weighted by molar-refractivity contribution is 5.98. The number of aromatic nitrogens is 2. The van der Waals surface area contributed by atoms with Crippen LogP contribution in [0.15, 0.2) is 18.6 Å². The molecule has 1 aromatic rings. The number of rotatable bonds is 3. The minimum atomic E-state index is -0.381. The quantitative estimate of drug-likeness (QED) is 0.783. The minimum Gasteiger partial charge on any atom is -0.329 e. The van der Waals surface area contributed by atoms with Crippen molar-refractivity contribution in [3.63, 3.8) is 0 Å². The third-order valence-electron chi connectivity index (χ3n) is 3.48. The van der Waals surface area contributed by atoms with Crippen LogP contribution in [0.25, 0.3) is 0 Å². The summed E-state index contributed by atoms with van der Waals surface area (Å²) in [5.41, 5.74) is 5.88. The topological polar surface area (TPSA) is 68.9 Å². The van der Waals surface area contributed by atoms with Crippen molar-refractivity contribution in [3.05, 3.63) is 24.3 Å². The van der Waals surface area contributed by atoms with Gasteiger partial charge in [0.05, 0.1) is 6.20 Å². The van der Waals surface area contributed by atoms with E-state index >= 15 is 0 Å². The lowest BCUT2D eigenvalue weighted by Crippen LogP contribution is -2.40. The minimum absolute atomic E-state index is 0.0720. The van der Waals surface area contributed by atoms with Crippen LogP contribution in [0, 0.1) is 5.41 Å². The molecule has 1 fully saturated rings. The third-order valence-corrected chi connectivity index (χ3v) is 3.48. The van der Waals surface area contributed by atoms with E-state index in [-0.39, 0.29) is 11.2 Å². The Kier molecular flexibility index (Phi) is 3.29. The highest BCUT2D eigenvalue weighted by atomic mass is 16.1. The maximum atomic E-state index is 12.4. The van der Waals surface area contributed by atoms with Crippen molar-refractivity contribution in [2.24, 2.45) is 11.1 Å². The molecule has 1 heterocycles. The van der Waals surface area contributed by atoms with Gasteiger partial charge in [-0.3, -0.25) is 9.78 Å². The maximum Gasteiger partial charge on any atom is 0.190 e. The average Bonchev–Trinajstić information content (AvgIpc) is 2.39. The number of Topliss-reactive ketones (excluding diaryl/α,β-unsaturated/α-hetero) is 1. The molecule has 1 aliphatic carbocycles. The van der Waals surface area contributed by atoms with Crippen LogP contribution >= 0.6 is 0 Å². The number of nitrogens with zero attached hydrogens (tertiary/aromatic N) is 2. The Hall–Kier alpha value is -1.29. The Balaban J connectivity index is 2.24. The molecule has 0 radical (unpaired) electrons. The van der Waals surface area contributed by atoms with Gasteiger partial charge in [0.2, 0.25) is 0 Å². The van der Waals surface area contributed by atoms with Gasteiger partial charge in [0.1, 0.15) is 5.69 Å². The molecule has 0 aromatic carbocycles. The van der Waals surface area contributed by atoms with Crippen molar-refractivity contribution >= 4 is 5.78 Å². The fourth-order valence-corrected chi connectivity index (χ4v) is 2.44. The first-order valence-electron chi connectivity index (χ1n) is 5.79. The summed E-state index contributed by atoms with van der Waals surface area (Å²) >= 11 is 0. The van der Waals surface area contributed by atoms with E-state index in [0.717, 1.165) is 25.7 Å². The van der Waals surface area contributed by atoms with Gasteiger partial charge in [0, 0.05) is 24.4 Å². The summed E-state index contributed by atoms with van der Waals surface area (Å²) in [5.74, 6) is 0.0720. The van der Waals surface area contributed by atoms with E-state index in [1.807, 2.05) is 0 Å². The molecule has 0 atom stereocenters. The largest absolute Gasteiger partial charge is 0.329 e. The van der Waals surface area contributed by atoms with Crippen LogP contribution in [0.3, 0.4) is 0 Å². The van der Waals surface area contributed by atoms with Crippen molar-refractivity contribution in [1.29, 1.82) is 0 Å². The summed E-state index contributed by atoms with van der Waals surface area (Å²) in [6.07, 6.45) is 9.82. The molecule has 4 heteroatoms. The van der Waals surface area contributed by atoms with E-state index < -0.39 is 0 Å². The summed E-state index contributed by atoms with van der Waals surface area (Å²) in [7, 11) is 0. The van der Waals surface area contributed by atoms with Crippen LogP contribution in [0.1, 0.15) is 42.6 Å². The van der Waals surface area contributed by atoms with Crippen LogP contribution in [-0.2, 0) is 0 Å². The van der Waals surface area contributed by atoms with E-state index in [4.69, 9.17) is 5.73 Å². The molecule has 0 saturated heterocycles. The fraction of sp³-hybridized carbons (Fsp3) is 0.583. The second-order valence-electron chi connectivity index (χ2n) is 4.46. The molecule has 4 nitrogen and oxygen atoms in total. The maximum absolute atomic E-state index is 12.4. The average molecular weight is 219 g/mol. The van der Waals surface area contributed by atoms with Gasteiger partial charge in [0.25, 0.3) is 0 Å². The molecule has 1 saturated carbocycles. The first-order valence-corrected chi connectivity index (χ1v) is 5.79. The first kappa shape index (κ1) is 11.2. The zero-order valence-electron chi connectivity index (χ0n) is 9.35. The second-order valence-corrected chi connectivity index (χ2v) is 4.46. The molecule has 0 bridgehead atoms. The van der Waals surface area contributed by atoms with Gasteiger partial charge in [-0.15, -0.1) is 0 Å². The Bertz CT molecular complexity index is 358. The van der Waals surface area contributed by atoms with Crippen molar-refractivity contribution < 1.29 is 4.79 Å². The lowest BCUT2D eigenvalue weighted by atomic mass is 9.70. The molecular formula is C12H17N3O. The lowest BCUT2D eigenvalue weighted by Gasteiger charge is -2.34. The standard InChI is InChI=1S/C12H17N3O/c13-9-12(4-2-1-3-5-12)11(16)10-8-14-6-7-15-10/h6-8H,1-5,9,13H2. The molecule has 1 aromatic heterocycles. The van der Waals surface area contributed by atoms with Crippen LogP contribution in [0.4, 0.5) is 0 Å². The number of hydrogen-bond donors (Lipinski definition) is 1. The molecule has 16 heavy (non-hydrogen) atoms. The Morgan fingerprint density at radius 1 is 1.31 bits per heavy atom. The zero-order valence-corrected chi connectivity index (χ0v) is 9.35. The number of nitrogens with two attached hydrogens (primary N) is 1. The van der Waals surface area contributed by atoms with E-state index in [0.29, 0.717) is 12.2 Å². The number of hydrogen-bond acceptors (Lipinski definition) is 4. The molecule has 86 valence electrons. The second kappa shape index (κ2) is 4.70. The molecule has 0 amide bonds. The third kappa shape index (κ3) is 1.97. The van der Waals surface area contributed by atoms with Gasteiger partial charge >= 0.3 is 0 Å². The summed E-state index contributed by atoms with van der Waals surface area (Å²) in [5, 5.41) is 0. The predicted octanol–water partition coefficient (Wildman–Crippen LogP) is 1.57. The Labute approximate surface area is 95.3 Å². The number of carbonyl (C=O) groups excluding carboxylic acids is 1. The van der Waals surface area contributed by atoms with Crippen molar-refractivity contribution in [3.8, 4) is 0 Å². The molecule has 2 rings (SSSR count). The number of ketones is 1. The molecule has 1 aliphatic rings. The highest BCUT2D eigenvalue weighted by Crippen LogP contribution is 2.37. The van der Waals surface area contributed by atoms with Gasteiger partial charge < -0.3 is 5.73 Å². The van der Waals surface area contributed by atoms with Gasteiger partial charge in [-0.1, -0.05) is 19.3 Å².